The molecule has 0 aliphatic rings. The van der Waals surface area contributed by atoms with E-state index in [1.807, 2.05) is 31.3 Å². The van der Waals surface area contributed by atoms with Crippen LogP contribution in [0.1, 0.15) is 24.1 Å². The molecule has 2 aromatic rings. The molecule has 0 radical (unpaired) electrons. The molecule has 130 valence electrons. The highest BCUT2D eigenvalue weighted by atomic mass is 19.1. The summed E-state index contributed by atoms with van der Waals surface area (Å²) in [6, 6.07) is 10.5. The zero-order valence-electron chi connectivity index (χ0n) is 14.8. The SMILES string of the molecule is COc1ccc(CN(C)C(C)c2ccc(F)cc2)c(OC)c1OC. The molecule has 5 heteroatoms. The molecular formula is C19H24FNO3. The molecule has 0 aliphatic heterocycles. The molecule has 0 saturated heterocycles. The Balaban J connectivity index is 2.24. The summed E-state index contributed by atoms with van der Waals surface area (Å²) in [7, 11) is 6.82. The van der Waals surface area contributed by atoms with Crippen LogP contribution in [0.2, 0.25) is 0 Å². The Bertz CT molecular complexity index is 673. The van der Waals surface area contributed by atoms with Crippen molar-refractivity contribution >= 4 is 0 Å². The summed E-state index contributed by atoms with van der Waals surface area (Å²) in [5.74, 6) is 1.65. The maximum absolute atomic E-state index is 13.1. The third kappa shape index (κ3) is 3.79. The Morgan fingerprint density at radius 1 is 0.917 bits per heavy atom. The molecule has 1 atom stereocenters. The minimum Gasteiger partial charge on any atom is -0.493 e. The van der Waals surface area contributed by atoms with Crippen LogP contribution < -0.4 is 14.2 Å². The van der Waals surface area contributed by atoms with Crippen LogP contribution in [-0.2, 0) is 6.54 Å². The number of hydrogen-bond acceptors (Lipinski definition) is 4. The quantitative estimate of drug-likeness (QED) is 0.765. The van der Waals surface area contributed by atoms with Gasteiger partial charge in [-0.05, 0) is 37.7 Å². The van der Waals surface area contributed by atoms with Crippen molar-refractivity contribution in [2.24, 2.45) is 0 Å². The van der Waals surface area contributed by atoms with Crippen molar-refractivity contribution < 1.29 is 18.6 Å². The third-order valence-corrected chi connectivity index (χ3v) is 4.22. The minimum absolute atomic E-state index is 0.128. The largest absolute Gasteiger partial charge is 0.493 e. The number of methoxy groups -OCH3 is 3. The fourth-order valence-corrected chi connectivity index (χ4v) is 2.69. The molecule has 0 saturated carbocycles. The maximum Gasteiger partial charge on any atom is 0.203 e. The lowest BCUT2D eigenvalue weighted by Gasteiger charge is -2.26. The first-order valence-electron chi connectivity index (χ1n) is 7.75. The van der Waals surface area contributed by atoms with E-state index in [2.05, 4.69) is 11.8 Å². The van der Waals surface area contributed by atoms with Crippen LogP contribution in [0.25, 0.3) is 0 Å². The van der Waals surface area contributed by atoms with Gasteiger partial charge < -0.3 is 14.2 Å². The van der Waals surface area contributed by atoms with Gasteiger partial charge in [0.2, 0.25) is 5.75 Å². The molecule has 2 aromatic carbocycles. The van der Waals surface area contributed by atoms with E-state index < -0.39 is 0 Å². The highest BCUT2D eigenvalue weighted by Gasteiger charge is 2.19. The Hall–Kier alpha value is -2.27. The first-order valence-corrected chi connectivity index (χ1v) is 7.75. The van der Waals surface area contributed by atoms with E-state index in [9.17, 15) is 4.39 Å². The van der Waals surface area contributed by atoms with Crippen LogP contribution in [0.3, 0.4) is 0 Å². The number of hydrogen-bond donors (Lipinski definition) is 0. The molecule has 0 aliphatic carbocycles. The zero-order chi connectivity index (χ0) is 17.7. The highest BCUT2D eigenvalue weighted by molar-refractivity contribution is 5.55. The van der Waals surface area contributed by atoms with E-state index in [0.717, 1.165) is 11.1 Å². The Morgan fingerprint density at radius 2 is 1.54 bits per heavy atom. The normalized spacial score (nSPS) is 12.1. The van der Waals surface area contributed by atoms with Crippen LogP contribution in [0, 0.1) is 5.82 Å². The van der Waals surface area contributed by atoms with Crippen LogP contribution >= 0.6 is 0 Å². The van der Waals surface area contributed by atoms with E-state index >= 15 is 0 Å². The van der Waals surface area contributed by atoms with Gasteiger partial charge in [0.1, 0.15) is 5.82 Å². The molecule has 4 nitrogen and oxygen atoms in total. The summed E-state index contributed by atoms with van der Waals surface area (Å²) in [4.78, 5) is 2.16. The molecule has 0 fully saturated rings. The van der Waals surface area contributed by atoms with Gasteiger partial charge in [0.25, 0.3) is 0 Å². The van der Waals surface area contributed by atoms with Crippen molar-refractivity contribution in [3.8, 4) is 17.2 Å². The van der Waals surface area contributed by atoms with Gasteiger partial charge in [-0.15, -0.1) is 0 Å². The summed E-state index contributed by atoms with van der Waals surface area (Å²) in [6.45, 7) is 2.74. The number of ether oxygens (including phenoxy) is 3. The first-order chi connectivity index (χ1) is 11.5. The molecule has 0 bridgehead atoms. The summed E-state index contributed by atoms with van der Waals surface area (Å²) < 4.78 is 29.4. The van der Waals surface area contributed by atoms with Gasteiger partial charge >= 0.3 is 0 Å². The van der Waals surface area contributed by atoms with Crippen LogP contribution in [0.4, 0.5) is 4.39 Å². The summed E-state index contributed by atoms with van der Waals surface area (Å²) in [5.41, 5.74) is 2.05. The number of halogens is 1. The van der Waals surface area contributed by atoms with Crippen molar-refractivity contribution in [2.75, 3.05) is 28.4 Å². The van der Waals surface area contributed by atoms with Crippen molar-refractivity contribution in [3.63, 3.8) is 0 Å². The summed E-state index contributed by atoms with van der Waals surface area (Å²) >= 11 is 0. The monoisotopic (exact) mass is 333 g/mol. The van der Waals surface area contributed by atoms with E-state index in [-0.39, 0.29) is 11.9 Å². The van der Waals surface area contributed by atoms with Crippen LogP contribution in [0.15, 0.2) is 36.4 Å². The first kappa shape index (κ1) is 18.1. The van der Waals surface area contributed by atoms with Gasteiger partial charge in [-0.3, -0.25) is 4.90 Å². The lowest BCUT2D eigenvalue weighted by Crippen LogP contribution is -2.22. The van der Waals surface area contributed by atoms with Gasteiger partial charge in [0.15, 0.2) is 11.5 Å². The van der Waals surface area contributed by atoms with Crippen molar-refractivity contribution in [3.05, 3.63) is 53.3 Å². The van der Waals surface area contributed by atoms with Crippen LogP contribution in [0.5, 0.6) is 17.2 Å². The smallest absolute Gasteiger partial charge is 0.203 e. The standard InChI is InChI=1S/C19H24FNO3/c1-13(14-6-9-16(20)10-7-14)21(2)12-15-8-11-17(22-3)19(24-5)18(15)23-4/h6-11,13H,12H2,1-5H3. The van der Waals surface area contributed by atoms with E-state index in [4.69, 9.17) is 14.2 Å². The lowest BCUT2D eigenvalue weighted by molar-refractivity contribution is 0.246. The average molecular weight is 333 g/mol. The fourth-order valence-electron chi connectivity index (χ4n) is 2.69. The molecule has 24 heavy (non-hydrogen) atoms. The van der Waals surface area contributed by atoms with E-state index in [0.29, 0.717) is 23.8 Å². The second-order valence-electron chi connectivity index (χ2n) is 5.64. The van der Waals surface area contributed by atoms with Gasteiger partial charge in [-0.2, -0.15) is 0 Å². The van der Waals surface area contributed by atoms with Gasteiger partial charge in [0, 0.05) is 18.2 Å². The highest BCUT2D eigenvalue weighted by Crippen LogP contribution is 2.40. The topological polar surface area (TPSA) is 30.9 Å². The van der Waals surface area contributed by atoms with Gasteiger partial charge in [-0.25, -0.2) is 4.39 Å². The molecule has 0 amide bonds. The molecule has 0 heterocycles. The predicted molar refractivity (Wildman–Crippen MR) is 92.4 cm³/mol. The predicted octanol–water partition coefficient (Wildman–Crippen LogP) is 4.04. The van der Waals surface area contributed by atoms with E-state index in [1.54, 1.807) is 21.3 Å². The lowest BCUT2D eigenvalue weighted by atomic mass is 10.1. The second kappa shape index (κ2) is 8.02. The van der Waals surface area contributed by atoms with Gasteiger partial charge in [0.05, 0.1) is 21.3 Å². The van der Waals surface area contributed by atoms with Crippen LogP contribution in [-0.4, -0.2) is 33.3 Å². The number of benzene rings is 2. The Kier molecular flexibility index (Phi) is 6.04. The van der Waals surface area contributed by atoms with E-state index in [1.165, 1.54) is 12.1 Å². The Morgan fingerprint density at radius 3 is 2.08 bits per heavy atom. The van der Waals surface area contributed by atoms with Crippen molar-refractivity contribution in [1.82, 2.24) is 4.90 Å². The molecule has 0 N–H and O–H groups in total. The molecular weight excluding hydrogens is 309 g/mol. The number of rotatable bonds is 7. The molecule has 1 unspecified atom stereocenters. The zero-order valence-corrected chi connectivity index (χ0v) is 14.8. The minimum atomic E-state index is -0.227. The van der Waals surface area contributed by atoms with Gasteiger partial charge in [-0.1, -0.05) is 18.2 Å². The number of nitrogens with zero attached hydrogens (tertiary/aromatic N) is 1. The fraction of sp³-hybridized carbons (Fsp3) is 0.368. The second-order valence-corrected chi connectivity index (χ2v) is 5.64. The summed E-state index contributed by atoms with van der Waals surface area (Å²) in [6.07, 6.45) is 0. The Labute approximate surface area is 142 Å². The maximum atomic E-state index is 13.1. The van der Waals surface area contributed by atoms with Crippen molar-refractivity contribution in [1.29, 1.82) is 0 Å². The molecule has 0 aromatic heterocycles. The third-order valence-electron chi connectivity index (χ3n) is 4.22. The molecule has 0 spiro atoms. The molecule has 2 rings (SSSR count). The average Bonchev–Trinajstić information content (AvgIpc) is 2.61. The summed E-state index contributed by atoms with van der Waals surface area (Å²) in [5, 5.41) is 0. The van der Waals surface area contributed by atoms with Crippen molar-refractivity contribution in [2.45, 2.75) is 19.5 Å².